The Labute approximate surface area is 125 Å². The summed E-state index contributed by atoms with van der Waals surface area (Å²) in [6.07, 6.45) is -0.317. The highest BCUT2D eigenvalue weighted by molar-refractivity contribution is 5.91. The molecule has 0 aliphatic heterocycles. The monoisotopic (exact) mass is 302 g/mol. The van der Waals surface area contributed by atoms with Gasteiger partial charge in [0.05, 0.1) is 7.11 Å². The Morgan fingerprint density at radius 1 is 1.10 bits per heavy atom. The molecule has 0 aromatic carbocycles. The number of carbonyl (C=O) groups is 3. The molecule has 1 unspecified atom stereocenters. The number of ether oxygens (including phenoxy) is 2. The minimum Gasteiger partial charge on any atom is -0.467 e. The number of methoxy groups -OCH3 is 1. The van der Waals surface area contributed by atoms with E-state index in [2.05, 4.69) is 15.4 Å². The average molecular weight is 302 g/mol. The van der Waals surface area contributed by atoms with Crippen LogP contribution in [0.25, 0.3) is 0 Å². The Bertz CT molecular complexity index is 399. The van der Waals surface area contributed by atoms with Crippen LogP contribution in [0.2, 0.25) is 0 Å². The van der Waals surface area contributed by atoms with Gasteiger partial charge in [-0.3, -0.25) is 4.79 Å². The first-order valence-electron chi connectivity index (χ1n) is 6.83. The van der Waals surface area contributed by atoms with Crippen molar-refractivity contribution in [1.82, 2.24) is 10.6 Å². The lowest BCUT2D eigenvalue weighted by molar-refractivity contribution is -0.149. The van der Waals surface area contributed by atoms with Crippen molar-refractivity contribution in [3.05, 3.63) is 0 Å². The third-order valence-electron chi connectivity index (χ3n) is 2.55. The second-order valence-corrected chi connectivity index (χ2v) is 6.21. The van der Waals surface area contributed by atoms with Gasteiger partial charge in [-0.15, -0.1) is 0 Å². The molecule has 0 saturated heterocycles. The predicted octanol–water partition coefficient (Wildman–Crippen LogP) is 1.36. The van der Waals surface area contributed by atoms with Gasteiger partial charge in [0.25, 0.3) is 0 Å². The molecule has 0 heterocycles. The van der Waals surface area contributed by atoms with E-state index >= 15 is 0 Å². The van der Waals surface area contributed by atoms with Crippen LogP contribution in [-0.2, 0) is 19.1 Å². The lowest BCUT2D eigenvalue weighted by atomic mass is 10.0. The number of hydrogen-bond acceptors (Lipinski definition) is 5. The molecule has 0 aromatic heterocycles. The Morgan fingerprint density at radius 2 is 1.62 bits per heavy atom. The first kappa shape index (κ1) is 19.2. The van der Waals surface area contributed by atoms with Crippen molar-refractivity contribution in [3.63, 3.8) is 0 Å². The summed E-state index contributed by atoms with van der Waals surface area (Å²) in [5.74, 6) is -1.04. The van der Waals surface area contributed by atoms with E-state index in [0.717, 1.165) is 0 Å². The fourth-order valence-electron chi connectivity index (χ4n) is 1.50. The number of hydrogen-bond donors (Lipinski definition) is 2. The molecule has 0 radical (unpaired) electrons. The quantitative estimate of drug-likeness (QED) is 0.748. The van der Waals surface area contributed by atoms with E-state index in [1.165, 1.54) is 21.0 Å². The summed E-state index contributed by atoms with van der Waals surface area (Å²) in [7, 11) is 1.24. The van der Waals surface area contributed by atoms with E-state index in [-0.39, 0.29) is 0 Å². The van der Waals surface area contributed by atoms with Crippen LogP contribution in [0.3, 0.4) is 0 Å². The van der Waals surface area contributed by atoms with Crippen LogP contribution in [-0.4, -0.2) is 42.3 Å². The zero-order valence-electron chi connectivity index (χ0n) is 13.8. The molecule has 0 bridgehead atoms. The molecule has 0 fully saturated rings. The normalized spacial score (nSPS) is 13.1. The summed E-state index contributed by atoms with van der Waals surface area (Å²) < 4.78 is 9.71. The summed E-state index contributed by atoms with van der Waals surface area (Å²) in [6, 6.07) is -0.788. The lowest BCUT2D eigenvalue weighted by Crippen LogP contribution is -2.56. The van der Waals surface area contributed by atoms with Crippen molar-refractivity contribution in [2.75, 3.05) is 7.11 Å². The number of rotatable bonds is 5. The van der Waals surface area contributed by atoms with Crippen LogP contribution in [0.1, 0.15) is 48.0 Å². The van der Waals surface area contributed by atoms with Crippen LogP contribution in [0.5, 0.6) is 0 Å². The van der Waals surface area contributed by atoms with E-state index in [4.69, 9.17) is 4.74 Å². The number of nitrogens with one attached hydrogen (secondary N) is 2. The molecule has 2 N–H and O–H groups in total. The molecular weight excluding hydrogens is 276 g/mol. The van der Waals surface area contributed by atoms with Crippen LogP contribution in [0, 0.1) is 0 Å². The fraction of sp³-hybridized carbons (Fsp3) is 0.786. The second-order valence-electron chi connectivity index (χ2n) is 6.21. The second kappa shape index (κ2) is 7.28. The molecule has 2 amide bonds. The molecule has 1 atom stereocenters. The van der Waals surface area contributed by atoms with Crippen LogP contribution in [0.4, 0.5) is 4.79 Å². The van der Waals surface area contributed by atoms with Crippen molar-refractivity contribution < 1.29 is 23.9 Å². The van der Waals surface area contributed by atoms with Crippen molar-refractivity contribution in [2.45, 2.75) is 65.1 Å². The van der Waals surface area contributed by atoms with E-state index in [1.807, 2.05) is 0 Å². The van der Waals surface area contributed by atoms with E-state index in [1.54, 1.807) is 27.7 Å². The van der Waals surface area contributed by atoms with Crippen molar-refractivity contribution in [1.29, 1.82) is 0 Å². The van der Waals surface area contributed by atoms with Crippen LogP contribution < -0.4 is 10.6 Å². The zero-order valence-corrected chi connectivity index (χ0v) is 13.8. The molecule has 0 aromatic rings. The molecule has 7 heteroatoms. The highest BCUT2D eigenvalue weighted by atomic mass is 16.6. The summed E-state index contributed by atoms with van der Waals surface area (Å²) in [5.41, 5.74) is -1.82. The fourth-order valence-corrected chi connectivity index (χ4v) is 1.50. The minimum absolute atomic E-state index is 0.363. The van der Waals surface area contributed by atoms with Gasteiger partial charge in [-0.2, -0.15) is 0 Å². The van der Waals surface area contributed by atoms with Crippen LogP contribution >= 0.6 is 0 Å². The van der Waals surface area contributed by atoms with Crippen molar-refractivity contribution in [2.24, 2.45) is 0 Å². The maximum Gasteiger partial charge on any atom is 0.408 e. The van der Waals surface area contributed by atoms with E-state index in [9.17, 15) is 14.4 Å². The van der Waals surface area contributed by atoms with Gasteiger partial charge in [-0.25, -0.2) is 9.59 Å². The third kappa shape index (κ3) is 6.97. The van der Waals surface area contributed by atoms with Gasteiger partial charge in [0, 0.05) is 0 Å². The van der Waals surface area contributed by atoms with Gasteiger partial charge >= 0.3 is 12.1 Å². The standard InChI is InChI=1S/C14H26N2O5/c1-8-9(15-12(19)21-13(2,3)4)10(17)16-14(5,6)11(18)20-7/h9H,8H2,1-7H3,(H,15,19)(H,16,17). The maximum absolute atomic E-state index is 12.1. The van der Waals surface area contributed by atoms with E-state index in [0.29, 0.717) is 6.42 Å². The number of amides is 2. The molecule has 0 aliphatic rings. The Balaban J connectivity index is 4.71. The Kier molecular flexibility index (Phi) is 6.66. The molecule has 122 valence electrons. The predicted molar refractivity (Wildman–Crippen MR) is 77.7 cm³/mol. The summed E-state index contributed by atoms with van der Waals surface area (Å²) in [6.45, 7) is 9.98. The molecule has 0 saturated carbocycles. The van der Waals surface area contributed by atoms with Gasteiger partial charge in [-0.05, 0) is 41.0 Å². The zero-order chi connectivity index (χ0) is 16.8. The van der Waals surface area contributed by atoms with Crippen molar-refractivity contribution >= 4 is 18.0 Å². The number of alkyl carbamates (subject to hydrolysis) is 1. The summed E-state index contributed by atoms with van der Waals surface area (Å²) >= 11 is 0. The molecule has 0 aliphatic carbocycles. The molecule has 21 heavy (non-hydrogen) atoms. The van der Waals surface area contributed by atoms with Gasteiger partial charge in [0.2, 0.25) is 5.91 Å². The Morgan fingerprint density at radius 3 is 2.00 bits per heavy atom. The Hall–Kier alpha value is -1.79. The summed E-state index contributed by atoms with van der Waals surface area (Å²) in [4.78, 5) is 35.3. The third-order valence-corrected chi connectivity index (χ3v) is 2.55. The topological polar surface area (TPSA) is 93.7 Å². The van der Waals surface area contributed by atoms with E-state index < -0.39 is 35.2 Å². The SMILES string of the molecule is CCC(NC(=O)OC(C)(C)C)C(=O)NC(C)(C)C(=O)OC. The molecule has 0 spiro atoms. The number of carbonyl (C=O) groups excluding carboxylic acids is 3. The first-order chi connectivity index (χ1) is 9.42. The lowest BCUT2D eigenvalue weighted by Gasteiger charge is -2.27. The average Bonchev–Trinajstić information content (AvgIpc) is 2.31. The molecule has 7 nitrogen and oxygen atoms in total. The van der Waals surface area contributed by atoms with Gasteiger partial charge in [0.1, 0.15) is 17.2 Å². The first-order valence-corrected chi connectivity index (χ1v) is 6.83. The number of esters is 1. The highest BCUT2D eigenvalue weighted by Gasteiger charge is 2.33. The smallest absolute Gasteiger partial charge is 0.408 e. The maximum atomic E-state index is 12.1. The minimum atomic E-state index is -1.17. The van der Waals surface area contributed by atoms with Gasteiger partial charge in [-0.1, -0.05) is 6.92 Å². The van der Waals surface area contributed by atoms with Gasteiger partial charge < -0.3 is 20.1 Å². The van der Waals surface area contributed by atoms with Crippen molar-refractivity contribution in [3.8, 4) is 0 Å². The van der Waals surface area contributed by atoms with Crippen LogP contribution in [0.15, 0.2) is 0 Å². The van der Waals surface area contributed by atoms with Gasteiger partial charge in [0.15, 0.2) is 0 Å². The largest absolute Gasteiger partial charge is 0.467 e. The molecular formula is C14H26N2O5. The molecule has 0 rings (SSSR count). The highest BCUT2D eigenvalue weighted by Crippen LogP contribution is 2.09. The summed E-state index contributed by atoms with van der Waals surface area (Å²) in [5, 5.41) is 5.02.